The number of hydrogen-bond acceptors (Lipinski definition) is 6. The summed E-state index contributed by atoms with van der Waals surface area (Å²) in [4.78, 5) is 12.7. The topological polar surface area (TPSA) is 79.4 Å². The molecule has 32 heavy (non-hydrogen) atoms. The highest BCUT2D eigenvalue weighted by molar-refractivity contribution is 6.06. The van der Waals surface area contributed by atoms with Crippen molar-refractivity contribution in [3.63, 3.8) is 0 Å². The molecule has 0 radical (unpaired) electrons. The normalized spacial score (nSPS) is 11.1. The van der Waals surface area contributed by atoms with Gasteiger partial charge in [-0.3, -0.25) is 0 Å². The minimum atomic E-state index is -0.293. The molecule has 0 saturated heterocycles. The monoisotopic (exact) mass is 433 g/mol. The lowest BCUT2D eigenvalue weighted by atomic mass is 10.1. The average molecular weight is 434 g/mol. The smallest absolute Gasteiger partial charge is 0.340 e. The molecular formula is C25H27N3O4. The van der Waals surface area contributed by atoms with Crippen LogP contribution in [0.25, 0.3) is 22.4 Å². The number of hydrogen-bond donors (Lipinski definition) is 0. The highest BCUT2D eigenvalue weighted by Gasteiger charge is 2.21. The van der Waals surface area contributed by atoms with Crippen molar-refractivity contribution in [2.24, 2.45) is 0 Å². The summed E-state index contributed by atoms with van der Waals surface area (Å²) in [5, 5.41) is 8.48. The zero-order chi connectivity index (χ0) is 22.5. The summed E-state index contributed by atoms with van der Waals surface area (Å²) < 4.78 is 18.8. The number of aromatic nitrogens is 3. The van der Waals surface area contributed by atoms with E-state index in [1.54, 1.807) is 0 Å². The first-order valence-corrected chi connectivity index (χ1v) is 10.9. The molecule has 0 bridgehead atoms. The Morgan fingerprint density at radius 3 is 2.62 bits per heavy atom. The van der Waals surface area contributed by atoms with Gasteiger partial charge in [-0.1, -0.05) is 25.5 Å². The Bertz CT molecular complexity index is 1190. The van der Waals surface area contributed by atoms with Gasteiger partial charge in [-0.15, -0.1) is 10.2 Å². The lowest BCUT2D eigenvalue weighted by Gasteiger charge is -2.09. The van der Waals surface area contributed by atoms with Crippen LogP contribution in [0.1, 0.15) is 48.3 Å². The Labute approximate surface area is 187 Å². The second-order valence-electron chi connectivity index (χ2n) is 7.59. The van der Waals surface area contributed by atoms with Gasteiger partial charge in [-0.05, 0) is 56.2 Å². The molecule has 7 heteroatoms. The van der Waals surface area contributed by atoms with Gasteiger partial charge in [0.1, 0.15) is 12.4 Å². The summed E-state index contributed by atoms with van der Waals surface area (Å²) in [6.07, 6.45) is 3.44. The van der Waals surface area contributed by atoms with Gasteiger partial charge >= 0.3 is 5.97 Å². The Morgan fingerprint density at radius 2 is 1.94 bits per heavy atom. The Kier molecular flexibility index (Phi) is 6.54. The van der Waals surface area contributed by atoms with E-state index in [9.17, 15) is 4.79 Å². The van der Waals surface area contributed by atoms with E-state index in [-0.39, 0.29) is 5.97 Å². The van der Waals surface area contributed by atoms with Crippen molar-refractivity contribution in [2.45, 2.75) is 46.8 Å². The van der Waals surface area contributed by atoms with Crippen molar-refractivity contribution in [1.82, 2.24) is 14.8 Å². The summed E-state index contributed by atoms with van der Waals surface area (Å²) in [7, 11) is 0. The van der Waals surface area contributed by atoms with Crippen molar-refractivity contribution in [3.8, 4) is 17.2 Å². The Morgan fingerprint density at radius 1 is 1.12 bits per heavy atom. The van der Waals surface area contributed by atoms with E-state index in [1.165, 1.54) is 6.39 Å². The summed E-state index contributed by atoms with van der Waals surface area (Å²) in [6, 6.07) is 13.7. The minimum absolute atomic E-state index is 0.293. The molecule has 0 aliphatic rings. The van der Waals surface area contributed by atoms with Gasteiger partial charge in [0.15, 0.2) is 0 Å². The molecule has 4 aromatic rings. The van der Waals surface area contributed by atoms with E-state index < -0.39 is 0 Å². The number of rotatable bonds is 9. The molecule has 0 saturated carbocycles. The SMILES string of the molecule is CCCCn1c(C)c(C(=O)OCC)c2cc(OCc3ccc(-c4nnco4)cc3)ccc21. The van der Waals surface area contributed by atoms with Gasteiger partial charge in [0.2, 0.25) is 12.3 Å². The Hall–Kier alpha value is -3.61. The standard InChI is InChI=1S/C25H27N3O4/c1-4-6-13-28-17(3)23(25(29)30-5-2)21-14-20(11-12-22(21)28)31-15-18-7-9-19(10-8-18)24-27-26-16-32-24/h7-12,14,16H,4-6,13,15H2,1-3H3. The van der Waals surface area contributed by atoms with Crippen LogP contribution in [0.5, 0.6) is 5.75 Å². The largest absolute Gasteiger partial charge is 0.489 e. The van der Waals surface area contributed by atoms with Crippen LogP contribution >= 0.6 is 0 Å². The van der Waals surface area contributed by atoms with Gasteiger partial charge in [0.25, 0.3) is 0 Å². The maximum atomic E-state index is 12.7. The van der Waals surface area contributed by atoms with Crippen LogP contribution in [-0.4, -0.2) is 27.3 Å². The van der Waals surface area contributed by atoms with Crippen LogP contribution in [0.3, 0.4) is 0 Å². The van der Waals surface area contributed by atoms with E-state index in [1.807, 2.05) is 56.3 Å². The fourth-order valence-corrected chi connectivity index (χ4v) is 3.83. The molecule has 2 heterocycles. The Balaban J connectivity index is 1.58. The first-order chi connectivity index (χ1) is 15.6. The van der Waals surface area contributed by atoms with Crippen molar-refractivity contribution >= 4 is 16.9 Å². The van der Waals surface area contributed by atoms with Gasteiger partial charge in [0, 0.05) is 28.7 Å². The third-order valence-corrected chi connectivity index (χ3v) is 5.48. The van der Waals surface area contributed by atoms with Crippen LogP contribution in [0.2, 0.25) is 0 Å². The number of nitrogens with zero attached hydrogens (tertiary/aromatic N) is 3. The lowest BCUT2D eigenvalue weighted by Crippen LogP contribution is -2.07. The summed E-state index contributed by atoms with van der Waals surface area (Å²) in [5.74, 6) is 0.896. The number of unbranched alkanes of at least 4 members (excludes halogenated alkanes) is 1. The van der Waals surface area contributed by atoms with Crippen LogP contribution in [0.15, 0.2) is 53.3 Å². The van der Waals surface area contributed by atoms with Crippen molar-refractivity contribution in [3.05, 3.63) is 65.7 Å². The first kappa shape index (κ1) is 21.6. The third-order valence-electron chi connectivity index (χ3n) is 5.48. The summed E-state index contributed by atoms with van der Waals surface area (Å²) >= 11 is 0. The second-order valence-corrected chi connectivity index (χ2v) is 7.59. The molecule has 0 aliphatic heterocycles. The zero-order valence-electron chi connectivity index (χ0n) is 18.6. The number of fused-ring (bicyclic) bond motifs is 1. The quantitative estimate of drug-likeness (QED) is 0.322. The number of carbonyl (C=O) groups is 1. The van der Waals surface area contributed by atoms with Crippen molar-refractivity contribution in [1.29, 1.82) is 0 Å². The summed E-state index contributed by atoms with van der Waals surface area (Å²) in [5.41, 5.74) is 4.44. The molecule has 166 valence electrons. The molecule has 0 spiro atoms. The molecule has 2 aromatic heterocycles. The molecular weight excluding hydrogens is 406 g/mol. The highest BCUT2D eigenvalue weighted by atomic mass is 16.5. The number of benzene rings is 2. The highest BCUT2D eigenvalue weighted by Crippen LogP contribution is 2.31. The number of ether oxygens (including phenoxy) is 2. The second kappa shape index (κ2) is 9.68. The molecule has 0 unspecified atom stereocenters. The van der Waals surface area contributed by atoms with Gasteiger partial charge in [0.05, 0.1) is 12.2 Å². The van der Waals surface area contributed by atoms with E-state index in [0.717, 1.165) is 47.1 Å². The van der Waals surface area contributed by atoms with Crippen molar-refractivity contribution in [2.75, 3.05) is 6.61 Å². The predicted octanol–water partition coefficient (Wildman–Crippen LogP) is 5.56. The van der Waals surface area contributed by atoms with Crippen LogP contribution < -0.4 is 4.74 Å². The molecule has 0 atom stereocenters. The molecule has 0 fully saturated rings. The summed E-state index contributed by atoms with van der Waals surface area (Å²) in [6.45, 7) is 7.57. The number of esters is 1. The lowest BCUT2D eigenvalue weighted by molar-refractivity contribution is 0.0527. The number of aryl methyl sites for hydroxylation is 1. The van der Waals surface area contributed by atoms with Crippen LogP contribution in [-0.2, 0) is 17.9 Å². The third kappa shape index (κ3) is 4.37. The molecule has 7 nitrogen and oxygen atoms in total. The van der Waals surface area contributed by atoms with Crippen LogP contribution in [0, 0.1) is 6.92 Å². The van der Waals surface area contributed by atoms with E-state index >= 15 is 0 Å². The van der Waals surface area contributed by atoms with Crippen molar-refractivity contribution < 1.29 is 18.7 Å². The molecule has 2 aromatic carbocycles. The minimum Gasteiger partial charge on any atom is -0.489 e. The fraction of sp³-hybridized carbons (Fsp3) is 0.320. The van der Waals surface area contributed by atoms with Gasteiger partial charge in [-0.25, -0.2) is 4.79 Å². The first-order valence-electron chi connectivity index (χ1n) is 10.9. The maximum Gasteiger partial charge on any atom is 0.340 e. The molecule has 4 rings (SSSR count). The molecule has 0 amide bonds. The van der Waals surface area contributed by atoms with Gasteiger partial charge < -0.3 is 18.5 Å². The van der Waals surface area contributed by atoms with Gasteiger partial charge in [-0.2, -0.15) is 0 Å². The zero-order valence-corrected chi connectivity index (χ0v) is 18.6. The number of carbonyl (C=O) groups excluding carboxylic acids is 1. The van der Waals surface area contributed by atoms with Crippen LogP contribution in [0.4, 0.5) is 0 Å². The maximum absolute atomic E-state index is 12.7. The average Bonchev–Trinajstić information content (AvgIpc) is 3.43. The van der Waals surface area contributed by atoms with E-state index in [0.29, 0.717) is 30.4 Å². The fourth-order valence-electron chi connectivity index (χ4n) is 3.83. The predicted molar refractivity (Wildman–Crippen MR) is 122 cm³/mol. The van der Waals surface area contributed by atoms with E-state index in [4.69, 9.17) is 13.9 Å². The molecule has 0 aliphatic carbocycles. The molecule has 0 N–H and O–H groups in total. The van der Waals surface area contributed by atoms with E-state index in [2.05, 4.69) is 21.7 Å².